The van der Waals surface area contributed by atoms with Crippen LogP contribution in [-0.2, 0) is 10.0 Å². The molecule has 108 valence electrons. The molecule has 7 nitrogen and oxygen atoms in total. The Labute approximate surface area is 126 Å². The molecule has 1 aromatic heterocycles. The number of aromatic nitrogens is 2. The monoisotopic (exact) mass is 324 g/mol. The summed E-state index contributed by atoms with van der Waals surface area (Å²) in [5, 5.41) is 8.99. The maximum absolute atomic E-state index is 12.3. The highest BCUT2D eigenvalue weighted by Gasteiger charge is 2.20. The van der Waals surface area contributed by atoms with Crippen molar-refractivity contribution in [2.75, 3.05) is 11.8 Å². The van der Waals surface area contributed by atoms with Gasteiger partial charge in [0.2, 0.25) is 5.28 Å². The van der Waals surface area contributed by atoms with Crippen molar-refractivity contribution in [1.29, 1.82) is 5.26 Å². The van der Waals surface area contributed by atoms with Gasteiger partial charge in [0.05, 0.1) is 25.1 Å². The van der Waals surface area contributed by atoms with Crippen LogP contribution in [0.4, 0.5) is 5.69 Å². The number of halogens is 1. The largest absolute Gasteiger partial charge is 0.495 e. The van der Waals surface area contributed by atoms with Crippen LogP contribution < -0.4 is 9.46 Å². The second-order valence-corrected chi connectivity index (χ2v) is 5.81. The molecule has 1 aromatic carbocycles. The van der Waals surface area contributed by atoms with Gasteiger partial charge >= 0.3 is 0 Å². The molecule has 0 aliphatic carbocycles. The number of ether oxygens (including phenoxy) is 1. The smallest absolute Gasteiger partial charge is 0.265 e. The summed E-state index contributed by atoms with van der Waals surface area (Å²) in [7, 11) is -2.59. The molecule has 0 saturated carbocycles. The van der Waals surface area contributed by atoms with Gasteiger partial charge in [-0.05, 0) is 23.7 Å². The van der Waals surface area contributed by atoms with Crippen LogP contribution in [0.15, 0.2) is 35.5 Å². The Hall–Kier alpha value is -2.37. The maximum Gasteiger partial charge on any atom is 0.265 e. The maximum atomic E-state index is 12.3. The molecule has 1 heterocycles. The number of para-hydroxylation sites is 1. The summed E-state index contributed by atoms with van der Waals surface area (Å²) in [6.45, 7) is 0. The molecule has 0 unspecified atom stereocenters. The lowest BCUT2D eigenvalue weighted by molar-refractivity contribution is 0.416. The van der Waals surface area contributed by atoms with Gasteiger partial charge in [-0.3, -0.25) is 4.72 Å². The van der Waals surface area contributed by atoms with Gasteiger partial charge in [-0.15, -0.1) is 0 Å². The number of hydrogen-bond acceptors (Lipinski definition) is 6. The van der Waals surface area contributed by atoms with E-state index in [9.17, 15) is 8.42 Å². The van der Waals surface area contributed by atoms with Gasteiger partial charge in [0, 0.05) is 0 Å². The molecule has 2 rings (SSSR count). The highest BCUT2D eigenvalue weighted by atomic mass is 35.5. The van der Waals surface area contributed by atoms with E-state index >= 15 is 0 Å². The minimum Gasteiger partial charge on any atom is -0.495 e. The Morgan fingerprint density at radius 1 is 1.33 bits per heavy atom. The van der Waals surface area contributed by atoms with Gasteiger partial charge in [-0.2, -0.15) is 5.26 Å². The van der Waals surface area contributed by atoms with E-state index in [-0.39, 0.29) is 27.2 Å². The molecule has 0 atom stereocenters. The summed E-state index contributed by atoms with van der Waals surface area (Å²) in [4.78, 5) is 7.04. The lowest BCUT2D eigenvalue weighted by Crippen LogP contribution is -2.15. The number of nitrogens with one attached hydrogen (secondary N) is 1. The van der Waals surface area contributed by atoms with Crippen LogP contribution >= 0.6 is 11.6 Å². The van der Waals surface area contributed by atoms with E-state index in [1.807, 2.05) is 6.07 Å². The van der Waals surface area contributed by atoms with E-state index in [0.717, 1.165) is 12.4 Å². The molecule has 2 aromatic rings. The third kappa shape index (κ3) is 3.21. The third-order valence-electron chi connectivity index (χ3n) is 2.51. The number of methoxy groups -OCH3 is 1. The number of hydrogen-bond donors (Lipinski definition) is 1. The van der Waals surface area contributed by atoms with Crippen molar-refractivity contribution in [3.05, 3.63) is 41.4 Å². The Morgan fingerprint density at radius 2 is 2.00 bits per heavy atom. The van der Waals surface area contributed by atoms with Crippen LogP contribution in [0.3, 0.4) is 0 Å². The lowest BCUT2D eigenvalue weighted by Gasteiger charge is -2.12. The SMILES string of the molecule is COc1cccc(C#N)c1NS(=O)(=O)c1cnc(Cl)nc1. The van der Waals surface area contributed by atoms with E-state index in [1.165, 1.54) is 19.2 Å². The normalized spacial score (nSPS) is 10.7. The summed E-state index contributed by atoms with van der Waals surface area (Å²) < 4.78 is 31.9. The zero-order valence-corrected chi connectivity index (χ0v) is 12.3. The van der Waals surface area contributed by atoms with Gasteiger partial charge in [0.1, 0.15) is 22.4 Å². The van der Waals surface area contributed by atoms with Crippen molar-refractivity contribution < 1.29 is 13.2 Å². The van der Waals surface area contributed by atoms with Gasteiger partial charge in [0.15, 0.2) is 0 Å². The van der Waals surface area contributed by atoms with Crippen LogP contribution in [0, 0.1) is 11.3 Å². The fourth-order valence-electron chi connectivity index (χ4n) is 1.53. The van der Waals surface area contributed by atoms with Crippen molar-refractivity contribution in [2.45, 2.75) is 4.90 Å². The summed E-state index contributed by atoms with van der Waals surface area (Å²) in [6, 6.07) is 6.49. The Kier molecular flexibility index (Phi) is 4.26. The minimum absolute atomic E-state index is 0.0532. The quantitative estimate of drug-likeness (QED) is 0.860. The van der Waals surface area contributed by atoms with Crippen LogP contribution in [0.1, 0.15) is 5.56 Å². The number of nitriles is 1. The summed E-state index contributed by atoms with van der Waals surface area (Å²) in [5.41, 5.74) is 0.185. The van der Waals surface area contributed by atoms with Crippen molar-refractivity contribution in [2.24, 2.45) is 0 Å². The summed E-state index contributed by atoms with van der Waals surface area (Å²) in [6.07, 6.45) is 2.14. The van der Waals surface area contributed by atoms with Gasteiger partial charge in [-0.25, -0.2) is 18.4 Å². The highest BCUT2D eigenvalue weighted by molar-refractivity contribution is 7.92. The van der Waals surface area contributed by atoms with Gasteiger partial charge in [-0.1, -0.05) is 6.07 Å². The number of rotatable bonds is 4. The number of anilines is 1. The van der Waals surface area contributed by atoms with E-state index in [2.05, 4.69) is 14.7 Å². The highest BCUT2D eigenvalue weighted by Crippen LogP contribution is 2.29. The second kappa shape index (κ2) is 5.95. The molecular formula is C12H9ClN4O3S. The zero-order chi connectivity index (χ0) is 15.5. The molecular weight excluding hydrogens is 316 g/mol. The van der Waals surface area contributed by atoms with E-state index in [4.69, 9.17) is 21.6 Å². The molecule has 0 saturated heterocycles. The second-order valence-electron chi connectivity index (χ2n) is 3.79. The average Bonchev–Trinajstić information content (AvgIpc) is 2.47. The van der Waals surface area contributed by atoms with E-state index < -0.39 is 10.0 Å². The fourth-order valence-corrected chi connectivity index (χ4v) is 2.61. The average molecular weight is 325 g/mol. The minimum atomic E-state index is -3.96. The lowest BCUT2D eigenvalue weighted by atomic mass is 10.2. The Bertz CT molecular complexity index is 800. The van der Waals surface area contributed by atoms with Crippen LogP contribution in [-0.4, -0.2) is 25.5 Å². The number of sulfonamides is 1. The van der Waals surface area contributed by atoms with E-state index in [0.29, 0.717) is 0 Å². The third-order valence-corrected chi connectivity index (χ3v) is 4.01. The van der Waals surface area contributed by atoms with Crippen molar-refractivity contribution in [3.8, 4) is 11.8 Å². The van der Waals surface area contributed by atoms with Gasteiger partial charge in [0.25, 0.3) is 10.0 Å². The molecule has 0 amide bonds. The van der Waals surface area contributed by atoms with Crippen LogP contribution in [0.25, 0.3) is 0 Å². The van der Waals surface area contributed by atoms with Crippen molar-refractivity contribution >= 4 is 27.3 Å². The Balaban J connectivity index is 2.46. The van der Waals surface area contributed by atoms with E-state index in [1.54, 1.807) is 6.07 Å². The molecule has 0 bridgehead atoms. The first-order valence-corrected chi connectivity index (χ1v) is 7.41. The zero-order valence-electron chi connectivity index (χ0n) is 10.7. The van der Waals surface area contributed by atoms with Crippen molar-refractivity contribution in [3.63, 3.8) is 0 Å². The molecule has 9 heteroatoms. The Morgan fingerprint density at radius 3 is 2.57 bits per heavy atom. The van der Waals surface area contributed by atoms with Crippen LogP contribution in [0.2, 0.25) is 5.28 Å². The fraction of sp³-hybridized carbons (Fsp3) is 0.0833. The molecule has 0 spiro atoms. The van der Waals surface area contributed by atoms with Gasteiger partial charge < -0.3 is 4.74 Å². The standard InChI is InChI=1S/C12H9ClN4O3S/c1-20-10-4-2-3-8(5-14)11(10)17-21(18,19)9-6-15-12(13)16-7-9/h2-4,6-7,17H,1H3. The number of benzene rings is 1. The predicted octanol–water partition coefficient (Wildman–Crippen LogP) is 1.81. The molecule has 0 aliphatic rings. The molecule has 0 aliphatic heterocycles. The number of nitrogens with zero attached hydrogens (tertiary/aromatic N) is 3. The van der Waals surface area contributed by atoms with Crippen molar-refractivity contribution in [1.82, 2.24) is 9.97 Å². The summed E-state index contributed by atoms with van der Waals surface area (Å²) >= 11 is 5.52. The predicted molar refractivity (Wildman–Crippen MR) is 75.6 cm³/mol. The first-order valence-electron chi connectivity index (χ1n) is 5.55. The topological polar surface area (TPSA) is 105 Å². The molecule has 0 radical (unpaired) electrons. The molecule has 21 heavy (non-hydrogen) atoms. The van der Waals surface area contributed by atoms with Crippen LogP contribution in [0.5, 0.6) is 5.75 Å². The summed E-state index contributed by atoms with van der Waals surface area (Å²) in [5.74, 6) is 0.229. The molecule has 1 N–H and O–H groups in total. The molecule has 0 fully saturated rings. The first-order chi connectivity index (χ1) is 9.97. The first kappa shape index (κ1) is 15.0.